The molecule has 0 atom stereocenters. The number of anilines is 1. The molecule has 3 aromatic carbocycles. The number of amides is 3. The van der Waals surface area contributed by atoms with Crippen LogP contribution in [0.5, 0.6) is 11.5 Å². The van der Waals surface area contributed by atoms with Gasteiger partial charge in [0, 0.05) is 57.9 Å². The summed E-state index contributed by atoms with van der Waals surface area (Å²) in [4.78, 5) is 53.2. The van der Waals surface area contributed by atoms with Crippen molar-refractivity contribution in [2.75, 3.05) is 66.0 Å². The Morgan fingerprint density at radius 1 is 0.961 bits per heavy atom. The average Bonchev–Trinajstić information content (AvgIpc) is 3.51. The van der Waals surface area contributed by atoms with E-state index >= 15 is 0 Å². The van der Waals surface area contributed by atoms with Crippen molar-refractivity contribution < 1.29 is 28.6 Å². The standard InChI is InChI=1S/C37H46N6O6.2ClH/c1-24-13-16-29(30(22-24)49-21-8-6-7-12-32(44)43-19-17-41(2)18-20-43)42(3)37(46)27-15-14-26(35(48-5)33(27)36(38)45)25-10-9-11-28-34(25)40-31(39-28)23-47-4;;/h9-11,13-16,22H,6-8,12,17-21,23H2,1-5H3,(H2,38,45)(H,39,40);2*1H. The van der Waals surface area contributed by atoms with Gasteiger partial charge in [-0.05, 0) is 69.1 Å². The molecule has 0 unspecified atom stereocenters. The lowest BCUT2D eigenvalue weighted by Gasteiger charge is -2.32. The number of nitrogens with one attached hydrogen (secondary N) is 1. The number of hydrogen-bond donors (Lipinski definition) is 2. The van der Waals surface area contributed by atoms with Gasteiger partial charge in [-0.1, -0.05) is 18.2 Å². The van der Waals surface area contributed by atoms with Crippen LogP contribution in [0.1, 0.15) is 57.8 Å². The molecule has 14 heteroatoms. The molecule has 1 aliphatic rings. The fourth-order valence-electron chi connectivity index (χ4n) is 6.19. The number of methoxy groups -OCH3 is 2. The monoisotopic (exact) mass is 742 g/mol. The molecule has 0 radical (unpaired) electrons. The SMILES string of the molecule is COCc1nc2c(-c3ccc(C(=O)N(C)c4ccc(C)cc4OCCCCCC(=O)N4CCN(C)CC4)c(C(N)=O)c3OC)cccc2[nH]1.Cl.Cl. The lowest BCUT2D eigenvalue weighted by Crippen LogP contribution is -2.47. The number of rotatable bonds is 14. The van der Waals surface area contributed by atoms with Gasteiger partial charge < -0.3 is 39.6 Å². The predicted octanol–water partition coefficient (Wildman–Crippen LogP) is 5.63. The number of aryl methyl sites for hydroxylation is 1. The third-order valence-corrected chi connectivity index (χ3v) is 8.90. The number of benzene rings is 3. The van der Waals surface area contributed by atoms with Gasteiger partial charge in [0.25, 0.3) is 11.8 Å². The molecule has 0 bridgehead atoms. The number of primary amides is 1. The lowest BCUT2D eigenvalue weighted by atomic mass is 9.95. The Kier molecular flexibility index (Phi) is 15.1. The number of carbonyl (C=O) groups excluding carboxylic acids is 3. The van der Waals surface area contributed by atoms with Crippen molar-refractivity contribution in [3.63, 3.8) is 0 Å². The molecule has 0 saturated carbocycles. The number of halogens is 2. The number of H-pyrrole nitrogens is 1. The number of nitrogens with two attached hydrogens (primary N) is 1. The number of aromatic nitrogens is 2. The average molecular weight is 744 g/mol. The normalized spacial score (nSPS) is 12.9. The van der Waals surface area contributed by atoms with Crippen LogP contribution in [0.15, 0.2) is 48.5 Å². The fraction of sp³-hybridized carbons (Fsp3) is 0.405. The summed E-state index contributed by atoms with van der Waals surface area (Å²) in [6.07, 6.45) is 2.95. The van der Waals surface area contributed by atoms with Gasteiger partial charge in [-0.25, -0.2) is 4.98 Å². The van der Waals surface area contributed by atoms with Crippen LogP contribution in [-0.4, -0.2) is 98.6 Å². The molecular formula is C37H48Cl2N6O6. The molecule has 3 N–H and O–H groups in total. The van der Waals surface area contributed by atoms with E-state index < -0.39 is 11.8 Å². The second-order valence-corrected chi connectivity index (χ2v) is 12.4. The molecule has 0 spiro atoms. The maximum atomic E-state index is 14.1. The molecule has 5 rings (SSSR count). The summed E-state index contributed by atoms with van der Waals surface area (Å²) < 4.78 is 17.2. The Morgan fingerprint density at radius 2 is 1.71 bits per heavy atom. The zero-order valence-electron chi connectivity index (χ0n) is 29.8. The molecule has 1 saturated heterocycles. The van der Waals surface area contributed by atoms with Gasteiger partial charge in [-0.2, -0.15) is 0 Å². The summed E-state index contributed by atoms with van der Waals surface area (Å²) in [5, 5.41) is 0. The van der Waals surface area contributed by atoms with Gasteiger partial charge in [0.15, 0.2) is 0 Å². The van der Waals surface area contributed by atoms with E-state index in [1.807, 2.05) is 48.2 Å². The van der Waals surface area contributed by atoms with Gasteiger partial charge >= 0.3 is 0 Å². The van der Waals surface area contributed by atoms with E-state index in [-0.39, 0.29) is 47.6 Å². The molecule has 1 aliphatic heterocycles. The molecular weight excluding hydrogens is 695 g/mol. The molecule has 12 nitrogen and oxygen atoms in total. The van der Waals surface area contributed by atoms with Crippen LogP contribution in [0.2, 0.25) is 0 Å². The van der Waals surface area contributed by atoms with Gasteiger partial charge in [-0.3, -0.25) is 14.4 Å². The smallest absolute Gasteiger partial charge is 0.259 e. The lowest BCUT2D eigenvalue weighted by molar-refractivity contribution is -0.132. The third kappa shape index (κ3) is 9.50. The maximum absolute atomic E-state index is 14.1. The second kappa shape index (κ2) is 18.8. The molecule has 4 aromatic rings. The van der Waals surface area contributed by atoms with E-state index in [0.717, 1.165) is 56.5 Å². The maximum Gasteiger partial charge on any atom is 0.259 e. The Bertz CT molecular complexity index is 1820. The highest BCUT2D eigenvalue weighted by Crippen LogP contribution is 2.39. The first-order chi connectivity index (χ1) is 23.6. The molecule has 2 heterocycles. The van der Waals surface area contributed by atoms with Crippen molar-refractivity contribution >= 4 is 59.3 Å². The molecule has 1 aromatic heterocycles. The Labute approximate surface area is 311 Å². The van der Waals surface area contributed by atoms with Crippen molar-refractivity contribution in [1.82, 2.24) is 19.8 Å². The van der Waals surface area contributed by atoms with Crippen molar-refractivity contribution in [3.05, 3.63) is 71.0 Å². The highest BCUT2D eigenvalue weighted by molar-refractivity contribution is 6.15. The van der Waals surface area contributed by atoms with Crippen LogP contribution in [0, 0.1) is 6.92 Å². The van der Waals surface area contributed by atoms with Crippen LogP contribution in [0.3, 0.4) is 0 Å². The number of likely N-dealkylation sites (N-methyl/N-ethyl adjacent to an activating group) is 1. The van der Waals surface area contributed by atoms with Crippen LogP contribution < -0.4 is 20.1 Å². The number of para-hydroxylation sites is 1. The number of imidazole rings is 1. The quantitative estimate of drug-likeness (QED) is 0.159. The first-order valence-electron chi connectivity index (χ1n) is 16.6. The van der Waals surface area contributed by atoms with Crippen molar-refractivity contribution in [1.29, 1.82) is 0 Å². The Balaban J connectivity index is 0.00000351. The topological polar surface area (TPSA) is 143 Å². The summed E-state index contributed by atoms with van der Waals surface area (Å²) >= 11 is 0. The first kappa shape index (κ1) is 41.1. The van der Waals surface area contributed by atoms with Crippen LogP contribution in [-0.2, 0) is 16.1 Å². The predicted molar refractivity (Wildman–Crippen MR) is 204 cm³/mol. The van der Waals surface area contributed by atoms with Gasteiger partial charge in [0.2, 0.25) is 5.91 Å². The number of fused-ring (bicyclic) bond motifs is 1. The second-order valence-electron chi connectivity index (χ2n) is 12.4. The summed E-state index contributed by atoms with van der Waals surface area (Å²) in [5.41, 5.74) is 10.2. The minimum atomic E-state index is -0.795. The number of carbonyl (C=O) groups is 3. The fourth-order valence-corrected chi connectivity index (χ4v) is 6.19. The van der Waals surface area contributed by atoms with E-state index in [4.69, 9.17) is 19.9 Å². The molecule has 0 aliphatic carbocycles. The minimum absolute atomic E-state index is 0. The number of aromatic amines is 1. The molecule has 51 heavy (non-hydrogen) atoms. The van der Waals surface area contributed by atoms with Crippen LogP contribution in [0.4, 0.5) is 5.69 Å². The van der Waals surface area contributed by atoms with Crippen molar-refractivity contribution in [3.8, 4) is 22.6 Å². The van der Waals surface area contributed by atoms with Crippen molar-refractivity contribution in [2.24, 2.45) is 5.73 Å². The van der Waals surface area contributed by atoms with Gasteiger partial charge in [0.05, 0.1) is 41.6 Å². The number of nitrogens with zero attached hydrogens (tertiary/aromatic N) is 4. The first-order valence-corrected chi connectivity index (χ1v) is 16.6. The Morgan fingerprint density at radius 3 is 2.39 bits per heavy atom. The zero-order chi connectivity index (χ0) is 35.1. The summed E-state index contributed by atoms with van der Waals surface area (Å²) in [7, 11) is 6.75. The highest BCUT2D eigenvalue weighted by Gasteiger charge is 2.28. The largest absolute Gasteiger partial charge is 0.495 e. The van der Waals surface area contributed by atoms with E-state index in [9.17, 15) is 14.4 Å². The number of unbranched alkanes of at least 4 members (excludes halogenated alkanes) is 2. The number of ether oxygens (including phenoxy) is 3. The molecule has 276 valence electrons. The van der Waals surface area contributed by atoms with E-state index in [2.05, 4.69) is 21.9 Å². The zero-order valence-corrected chi connectivity index (χ0v) is 31.5. The minimum Gasteiger partial charge on any atom is -0.495 e. The van der Waals surface area contributed by atoms with Gasteiger partial charge in [0.1, 0.15) is 23.9 Å². The van der Waals surface area contributed by atoms with E-state index in [0.29, 0.717) is 53.5 Å². The number of hydrogen-bond acceptors (Lipinski definition) is 8. The third-order valence-electron chi connectivity index (χ3n) is 8.90. The molecule has 3 amide bonds. The van der Waals surface area contributed by atoms with E-state index in [1.165, 1.54) is 12.0 Å². The van der Waals surface area contributed by atoms with Gasteiger partial charge in [-0.15, -0.1) is 24.8 Å². The van der Waals surface area contributed by atoms with Crippen LogP contribution >= 0.6 is 24.8 Å². The Hall–Kier alpha value is -4.36. The number of piperazine rings is 1. The van der Waals surface area contributed by atoms with Crippen LogP contribution in [0.25, 0.3) is 22.2 Å². The van der Waals surface area contributed by atoms with Crippen molar-refractivity contribution in [2.45, 2.75) is 39.2 Å². The molecule has 1 fully saturated rings. The highest BCUT2D eigenvalue weighted by atomic mass is 35.5. The summed E-state index contributed by atoms with van der Waals surface area (Å²) in [6.45, 7) is 6.10. The van der Waals surface area contributed by atoms with E-state index in [1.54, 1.807) is 26.3 Å². The summed E-state index contributed by atoms with van der Waals surface area (Å²) in [5.74, 6) is 0.350. The summed E-state index contributed by atoms with van der Waals surface area (Å²) in [6, 6.07) is 14.6.